The summed E-state index contributed by atoms with van der Waals surface area (Å²) in [6.07, 6.45) is 9.15. The Labute approximate surface area is 83.6 Å². The zero-order chi connectivity index (χ0) is 9.80. The van der Waals surface area contributed by atoms with Crippen molar-refractivity contribution in [1.29, 1.82) is 0 Å². The molecule has 1 aromatic rings. The highest BCUT2D eigenvalue weighted by Gasteiger charge is 2.15. The average Bonchev–Trinajstić information content (AvgIpc) is 2.45. The quantitative estimate of drug-likeness (QED) is 0.693. The Balaban J connectivity index is 2.16. The summed E-state index contributed by atoms with van der Waals surface area (Å²) >= 11 is 0. The van der Waals surface area contributed by atoms with Gasteiger partial charge in [0.15, 0.2) is 0 Å². The summed E-state index contributed by atoms with van der Waals surface area (Å²) in [5, 5.41) is 0. The highest BCUT2D eigenvalue weighted by atomic mass is 16.1. The van der Waals surface area contributed by atoms with E-state index in [4.69, 9.17) is 0 Å². The Morgan fingerprint density at radius 2 is 1.93 bits per heavy atom. The van der Waals surface area contributed by atoms with Crippen LogP contribution in [0.15, 0.2) is 17.1 Å². The van der Waals surface area contributed by atoms with E-state index < -0.39 is 0 Å². The summed E-state index contributed by atoms with van der Waals surface area (Å²) in [4.78, 5) is 18.2. The minimum absolute atomic E-state index is 0.0285. The van der Waals surface area contributed by atoms with E-state index in [9.17, 15) is 4.79 Å². The van der Waals surface area contributed by atoms with Gasteiger partial charge in [-0.2, -0.15) is 0 Å². The fourth-order valence-electron chi connectivity index (χ4n) is 2.15. The number of aromatic amines is 1. The van der Waals surface area contributed by atoms with E-state index in [1.54, 1.807) is 6.20 Å². The van der Waals surface area contributed by atoms with Crippen LogP contribution in [-0.2, 0) is 0 Å². The van der Waals surface area contributed by atoms with Gasteiger partial charge in [0.1, 0.15) is 5.82 Å². The largest absolute Gasteiger partial charge is 0.310 e. The van der Waals surface area contributed by atoms with E-state index in [-0.39, 0.29) is 5.56 Å². The first kappa shape index (κ1) is 9.44. The molecular weight excluding hydrogens is 176 g/mol. The summed E-state index contributed by atoms with van der Waals surface area (Å²) in [5.41, 5.74) is -0.0285. The summed E-state index contributed by atoms with van der Waals surface area (Å²) in [6.45, 7) is 0. The Bertz CT molecular complexity index is 337. The molecule has 0 aromatic carbocycles. The van der Waals surface area contributed by atoms with Crippen LogP contribution in [0, 0.1) is 0 Å². The fourth-order valence-corrected chi connectivity index (χ4v) is 2.15. The van der Waals surface area contributed by atoms with Crippen LogP contribution in [0.1, 0.15) is 50.3 Å². The van der Waals surface area contributed by atoms with Crippen molar-refractivity contribution in [2.45, 2.75) is 44.4 Å². The predicted molar refractivity (Wildman–Crippen MR) is 55.3 cm³/mol. The van der Waals surface area contributed by atoms with Gasteiger partial charge in [0.2, 0.25) is 0 Å². The van der Waals surface area contributed by atoms with Crippen LogP contribution in [0.5, 0.6) is 0 Å². The van der Waals surface area contributed by atoms with E-state index in [2.05, 4.69) is 9.97 Å². The van der Waals surface area contributed by atoms with Crippen molar-refractivity contribution in [1.82, 2.24) is 9.97 Å². The standard InChI is InChI=1S/C11H16N2O/c14-10-7-8-12-11(13-10)9-5-3-1-2-4-6-9/h7-9H,1-6H2,(H,12,13,14). The van der Waals surface area contributed by atoms with Crippen molar-refractivity contribution in [2.24, 2.45) is 0 Å². The number of rotatable bonds is 1. The van der Waals surface area contributed by atoms with Crippen molar-refractivity contribution < 1.29 is 0 Å². The Kier molecular flexibility index (Phi) is 2.96. The molecule has 1 aliphatic carbocycles. The van der Waals surface area contributed by atoms with Gasteiger partial charge >= 0.3 is 0 Å². The molecule has 2 rings (SSSR count). The topological polar surface area (TPSA) is 45.8 Å². The van der Waals surface area contributed by atoms with Crippen LogP contribution in [0.25, 0.3) is 0 Å². The fraction of sp³-hybridized carbons (Fsp3) is 0.636. The lowest BCUT2D eigenvalue weighted by atomic mass is 10.00. The summed E-state index contributed by atoms with van der Waals surface area (Å²) in [5.74, 6) is 1.37. The molecule has 0 spiro atoms. The van der Waals surface area contributed by atoms with E-state index in [1.165, 1.54) is 44.6 Å². The van der Waals surface area contributed by atoms with Gasteiger partial charge in [0, 0.05) is 18.2 Å². The molecule has 1 heterocycles. The molecule has 1 aromatic heterocycles. The minimum atomic E-state index is -0.0285. The maximum absolute atomic E-state index is 11.1. The second kappa shape index (κ2) is 4.40. The lowest BCUT2D eigenvalue weighted by Crippen LogP contribution is -2.12. The predicted octanol–water partition coefficient (Wildman–Crippen LogP) is 2.21. The Morgan fingerprint density at radius 3 is 2.57 bits per heavy atom. The third-order valence-electron chi connectivity index (χ3n) is 2.93. The third kappa shape index (κ3) is 2.22. The molecule has 1 fully saturated rings. The number of hydrogen-bond acceptors (Lipinski definition) is 2. The van der Waals surface area contributed by atoms with Crippen molar-refractivity contribution >= 4 is 0 Å². The smallest absolute Gasteiger partial charge is 0.250 e. The van der Waals surface area contributed by atoms with Crippen LogP contribution in [0.3, 0.4) is 0 Å². The maximum Gasteiger partial charge on any atom is 0.250 e. The number of nitrogens with one attached hydrogen (secondary N) is 1. The minimum Gasteiger partial charge on any atom is -0.310 e. The first-order chi connectivity index (χ1) is 6.86. The number of aromatic nitrogens is 2. The van der Waals surface area contributed by atoms with E-state index in [1.807, 2.05) is 0 Å². The van der Waals surface area contributed by atoms with E-state index >= 15 is 0 Å². The van der Waals surface area contributed by atoms with Gasteiger partial charge in [-0.05, 0) is 12.8 Å². The van der Waals surface area contributed by atoms with Gasteiger partial charge in [-0.3, -0.25) is 4.79 Å². The van der Waals surface area contributed by atoms with Gasteiger partial charge < -0.3 is 4.98 Å². The van der Waals surface area contributed by atoms with Crippen molar-refractivity contribution in [2.75, 3.05) is 0 Å². The number of nitrogens with zero attached hydrogens (tertiary/aromatic N) is 1. The second-order valence-corrected chi connectivity index (χ2v) is 4.01. The summed E-state index contributed by atoms with van der Waals surface area (Å²) < 4.78 is 0. The van der Waals surface area contributed by atoms with Gasteiger partial charge in [-0.15, -0.1) is 0 Å². The Hall–Kier alpha value is -1.12. The molecule has 0 bridgehead atoms. The monoisotopic (exact) mass is 192 g/mol. The zero-order valence-corrected chi connectivity index (χ0v) is 8.33. The molecule has 76 valence electrons. The van der Waals surface area contributed by atoms with Crippen molar-refractivity contribution in [3.05, 3.63) is 28.4 Å². The highest BCUT2D eigenvalue weighted by molar-refractivity contribution is 4.97. The van der Waals surface area contributed by atoms with Gasteiger partial charge in [-0.25, -0.2) is 4.98 Å². The van der Waals surface area contributed by atoms with Gasteiger partial charge in [-0.1, -0.05) is 25.7 Å². The normalized spacial score (nSPS) is 19.1. The molecule has 0 amide bonds. The van der Waals surface area contributed by atoms with E-state index in [0.29, 0.717) is 5.92 Å². The first-order valence-electron chi connectivity index (χ1n) is 5.41. The molecule has 0 saturated heterocycles. The van der Waals surface area contributed by atoms with Gasteiger partial charge in [0.25, 0.3) is 5.56 Å². The molecule has 0 aliphatic heterocycles. The molecule has 3 heteroatoms. The van der Waals surface area contributed by atoms with Crippen LogP contribution in [0.4, 0.5) is 0 Å². The van der Waals surface area contributed by atoms with Crippen LogP contribution >= 0.6 is 0 Å². The molecule has 14 heavy (non-hydrogen) atoms. The molecule has 0 unspecified atom stereocenters. The van der Waals surface area contributed by atoms with Gasteiger partial charge in [0.05, 0.1) is 0 Å². The SMILES string of the molecule is O=c1ccnc(C2CCCCCC2)[nH]1. The molecular formula is C11H16N2O. The summed E-state index contributed by atoms with van der Waals surface area (Å²) in [6, 6.07) is 1.47. The molecule has 0 atom stereocenters. The van der Waals surface area contributed by atoms with Crippen LogP contribution < -0.4 is 5.56 Å². The molecule has 3 nitrogen and oxygen atoms in total. The molecule has 1 N–H and O–H groups in total. The lowest BCUT2D eigenvalue weighted by Gasteiger charge is -2.11. The Morgan fingerprint density at radius 1 is 1.21 bits per heavy atom. The number of H-pyrrole nitrogens is 1. The molecule has 1 saturated carbocycles. The lowest BCUT2D eigenvalue weighted by molar-refractivity contribution is 0.558. The van der Waals surface area contributed by atoms with Crippen LogP contribution in [0.2, 0.25) is 0 Å². The second-order valence-electron chi connectivity index (χ2n) is 4.01. The van der Waals surface area contributed by atoms with E-state index in [0.717, 1.165) is 5.82 Å². The third-order valence-corrected chi connectivity index (χ3v) is 2.93. The first-order valence-corrected chi connectivity index (χ1v) is 5.41. The zero-order valence-electron chi connectivity index (χ0n) is 8.33. The van der Waals surface area contributed by atoms with Crippen LogP contribution in [-0.4, -0.2) is 9.97 Å². The number of hydrogen-bond donors (Lipinski definition) is 1. The van der Waals surface area contributed by atoms with Crippen molar-refractivity contribution in [3.63, 3.8) is 0 Å². The highest BCUT2D eigenvalue weighted by Crippen LogP contribution is 2.28. The maximum atomic E-state index is 11.1. The molecule has 0 radical (unpaired) electrons. The van der Waals surface area contributed by atoms with Crippen molar-refractivity contribution in [3.8, 4) is 0 Å². The molecule has 1 aliphatic rings. The summed E-state index contributed by atoms with van der Waals surface area (Å²) in [7, 11) is 0. The average molecular weight is 192 g/mol.